The number of ether oxygens (including phenoxy) is 10. The molecule has 0 bridgehead atoms. The summed E-state index contributed by atoms with van der Waals surface area (Å²) in [7, 11) is 0. The molecule has 2 aliphatic heterocycles. The van der Waals surface area contributed by atoms with Crippen LogP contribution in [0.25, 0.3) is 0 Å². The maximum atomic E-state index is 14.5. The van der Waals surface area contributed by atoms with Crippen molar-refractivity contribution in [2.45, 2.75) is 61.0 Å². The second-order valence-corrected chi connectivity index (χ2v) is 20.5. The fourth-order valence-corrected chi connectivity index (χ4v) is 10.0. The Morgan fingerprint density at radius 2 is 0.516 bits per heavy atom. The zero-order valence-corrected chi connectivity index (χ0v) is 47.9. The highest BCUT2D eigenvalue weighted by molar-refractivity contribution is 5.93. The summed E-state index contributed by atoms with van der Waals surface area (Å²) in [4.78, 5) is 119. The summed E-state index contributed by atoms with van der Waals surface area (Å²) >= 11 is 0. The molecule has 91 heavy (non-hydrogen) atoms. The first-order valence-corrected chi connectivity index (χ1v) is 28.6. The fourth-order valence-electron chi connectivity index (χ4n) is 10.0. The zero-order chi connectivity index (χ0) is 63.1. The van der Waals surface area contributed by atoms with E-state index >= 15 is 0 Å². The molecule has 2 saturated heterocycles. The lowest BCUT2D eigenvalue weighted by atomic mass is 9.93. The van der Waals surface area contributed by atoms with Crippen LogP contribution >= 0.6 is 0 Å². The lowest BCUT2D eigenvalue weighted by molar-refractivity contribution is -0.236. The molecule has 0 aliphatic carbocycles. The van der Waals surface area contributed by atoms with E-state index in [2.05, 4.69) is 5.16 Å². The Hall–Kier alpha value is -11.4. The molecule has 21 nitrogen and oxygen atoms in total. The summed E-state index contributed by atoms with van der Waals surface area (Å²) < 4.78 is 69.0. The van der Waals surface area contributed by atoms with Crippen molar-refractivity contribution < 1.29 is 90.2 Å². The number of aromatic nitrogens is 2. The summed E-state index contributed by atoms with van der Waals surface area (Å²) in [5.41, 5.74) is 0.407. The highest BCUT2D eigenvalue weighted by Crippen LogP contribution is 2.42. The molecule has 0 N–H and O–H groups in total. The quantitative estimate of drug-likeness (QED) is 0.0507. The second kappa shape index (κ2) is 29.1. The van der Waals surface area contributed by atoms with E-state index in [1.807, 2.05) is 0 Å². The van der Waals surface area contributed by atoms with Crippen molar-refractivity contribution in [2.75, 3.05) is 13.2 Å². The van der Waals surface area contributed by atoms with Gasteiger partial charge in [-0.15, -0.1) is 0 Å². The van der Waals surface area contributed by atoms with Gasteiger partial charge in [0, 0.05) is 0 Å². The third-order valence-corrected chi connectivity index (χ3v) is 14.5. The topological polar surface area (TPSA) is 268 Å². The van der Waals surface area contributed by atoms with E-state index < -0.39 is 134 Å². The van der Waals surface area contributed by atoms with Gasteiger partial charge in [-0.3, -0.25) is 0 Å². The molecule has 2 aliphatic rings. The second-order valence-electron chi connectivity index (χ2n) is 20.5. The van der Waals surface area contributed by atoms with Crippen LogP contribution in [0.2, 0.25) is 0 Å². The number of benzene rings is 8. The SMILES string of the molecule is O=C(OC[C@H]1O[C@@H](c2noc([C@@H]3O[C@H](COC(=O)c4ccccc4)[C@@H](OC(=O)c4ccccc4)[C@H](OC(=O)c4ccccc4)[C@H]3OC(=O)c3ccccc3)n2)[C@H](OC(=O)c2ccccc2)[C@@H](OC(=O)c2ccccc2)[C@@H]1OC(=O)c1ccccc1)c1ccccc1. The smallest absolute Gasteiger partial charge is 0.338 e. The van der Waals surface area contributed by atoms with Gasteiger partial charge in [0.05, 0.1) is 44.5 Å². The van der Waals surface area contributed by atoms with E-state index in [1.54, 1.807) is 146 Å². The molecular formula is C70H54N2O19. The Morgan fingerprint density at radius 1 is 0.286 bits per heavy atom. The molecular weight excluding hydrogens is 1170 g/mol. The Bertz CT molecular complexity index is 3700. The molecule has 8 aromatic carbocycles. The molecule has 3 heterocycles. The monoisotopic (exact) mass is 1230 g/mol. The number of nitrogens with zero attached hydrogens (tertiary/aromatic N) is 2. The predicted molar refractivity (Wildman–Crippen MR) is 317 cm³/mol. The van der Waals surface area contributed by atoms with Crippen LogP contribution < -0.4 is 0 Å². The maximum Gasteiger partial charge on any atom is 0.338 e. The number of carbonyl (C=O) groups is 8. The lowest BCUT2D eigenvalue weighted by Gasteiger charge is -2.44. The van der Waals surface area contributed by atoms with E-state index in [1.165, 1.54) is 97.1 Å². The Balaban J connectivity index is 1.05. The van der Waals surface area contributed by atoms with Crippen molar-refractivity contribution in [3.63, 3.8) is 0 Å². The Morgan fingerprint density at radius 3 is 0.802 bits per heavy atom. The lowest BCUT2D eigenvalue weighted by Crippen LogP contribution is -2.60. The van der Waals surface area contributed by atoms with Crippen LogP contribution in [0.4, 0.5) is 0 Å². The van der Waals surface area contributed by atoms with Crippen molar-refractivity contribution in [1.82, 2.24) is 10.1 Å². The number of carbonyl (C=O) groups excluding carboxylic acids is 8. The molecule has 0 radical (unpaired) electrons. The van der Waals surface area contributed by atoms with Gasteiger partial charge < -0.3 is 51.9 Å². The van der Waals surface area contributed by atoms with E-state index in [0.717, 1.165) is 0 Å². The molecule has 21 heteroatoms. The molecule has 0 unspecified atom stereocenters. The molecule has 0 amide bonds. The summed E-state index contributed by atoms with van der Waals surface area (Å²) in [6, 6.07) is 62.3. The van der Waals surface area contributed by atoms with Crippen LogP contribution in [0.15, 0.2) is 247 Å². The normalized spacial score (nSPS) is 20.9. The van der Waals surface area contributed by atoms with Crippen LogP contribution in [0, 0.1) is 0 Å². The van der Waals surface area contributed by atoms with Gasteiger partial charge in [-0.25, -0.2) is 38.4 Å². The van der Waals surface area contributed by atoms with E-state index in [-0.39, 0.29) is 44.5 Å². The van der Waals surface area contributed by atoms with Gasteiger partial charge in [0.25, 0.3) is 5.89 Å². The minimum atomic E-state index is -1.91. The summed E-state index contributed by atoms with van der Waals surface area (Å²) in [6.45, 7) is -1.44. The molecule has 11 rings (SSSR count). The third-order valence-electron chi connectivity index (χ3n) is 14.5. The first-order chi connectivity index (χ1) is 44.4. The highest BCUT2D eigenvalue weighted by atomic mass is 16.7. The summed E-state index contributed by atoms with van der Waals surface area (Å²) in [5.74, 6) is -8.61. The van der Waals surface area contributed by atoms with Crippen LogP contribution in [-0.4, -0.2) is 120 Å². The Labute approximate surface area is 519 Å². The zero-order valence-electron chi connectivity index (χ0n) is 47.9. The first kappa shape index (κ1) is 61.2. The van der Waals surface area contributed by atoms with Gasteiger partial charge >= 0.3 is 47.8 Å². The van der Waals surface area contributed by atoms with Crippen molar-refractivity contribution >= 4 is 47.8 Å². The van der Waals surface area contributed by atoms with Gasteiger partial charge in [0.1, 0.15) is 25.4 Å². The van der Waals surface area contributed by atoms with Crippen LogP contribution in [-0.2, 0) is 47.4 Å². The molecule has 0 saturated carbocycles. The van der Waals surface area contributed by atoms with Gasteiger partial charge in [0.15, 0.2) is 48.8 Å². The van der Waals surface area contributed by atoms with E-state index in [9.17, 15) is 38.4 Å². The number of esters is 8. The number of hydrogen-bond donors (Lipinski definition) is 0. The van der Waals surface area contributed by atoms with Crippen LogP contribution in [0.1, 0.15) is 107 Å². The maximum absolute atomic E-state index is 14.5. The van der Waals surface area contributed by atoms with Gasteiger partial charge in [-0.05, 0) is 97.1 Å². The standard InChI is InChI=1S/C70H54N2O19/c73-63(43-25-9-1-10-26-43)81-41-51-53(85-65(75)45-29-13-3-14-30-45)55(87-67(77)47-33-17-5-18-34-47)57(89-69(79)49-37-21-7-22-38-49)59(83-51)61-71-62(91-72-61)60-58(90-70(80)50-39-23-8-24-40-50)56(88-68(78)48-35-19-6-20-36-48)54(86-66(76)46-31-15-4-16-32-46)52(84-60)42-82-64(74)44-27-11-2-12-28-44/h1-40,51-60H,41-42H2/t51-,52-,53-,54-,55+,56+,57-,58-,59-,60-/m1/s1. The summed E-state index contributed by atoms with van der Waals surface area (Å²) in [6.07, 6.45) is -18.0. The first-order valence-electron chi connectivity index (χ1n) is 28.6. The average molecular weight is 1230 g/mol. The molecule has 10 atom stereocenters. The van der Waals surface area contributed by atoms with Gasteiger partial charge in [0.2, 0.25) is 5.82 Å². The molecule has 0 spiro atoms. The largest absolute Gasteiger partial charge is 0.459 e. The minimum absolute atomic E-state index is 0.00801. The molecule has 458 valence electrons. The van der Waals surface area contributed by atoms with Gasteiger partial charge in [-0.2, -0.15) is 4.98 Å². The number of rotatable bonds is 20. The Kier molecular flexibility index (Phi) is 19.6. The molecule has 9 aromatic rings. The fraction of sp³-hybridized carbons (Fsp3) is 0.171. The predicted octanol–water partition coefficient (Wildman–Crippen LogP) is 10.0. The highest BCUT2D eigenvalue weighted by Gasteiger charge is 2.58. The van der Waals surface area contributed by atoms with Crippen molar-refractivity contribution in [3.8, 4) is 0 Å². The minimum Gasteiger partial charge on any atom is -0.459 e. The summed E-state index contributed by atoms with van der Waals surface area (Å²) in [5, 5.41) is 4.32. The van der Waals surface area contributed by atoms with Crippen LogP contribution in [0.5, 0.6) is 0 Å². The van der Waals surface area contributed by atoms with Gasteiger partial charge in [-0.1, -0.05) is 151 Å². The van der Waals surface area contributed by atoms with Crippen molar-refractivity contribution in [1.29, 1.82) is 0 Å². The third kappa shape index (κ3) is 14.9. The van der Waals surface area contributed by atoms with Crippen LogP contribution in [0.3, 0.4) is 0 Å². The van der Waals surface area contributed by atoms with Crippen molar-refractivity contribution in [3.05, 3.63) is 299 Å². The molecule has 2 fully saturated rings. The average Bonchev–Trinajstić information content (AvgIpc) is 1.89. The molecule has 1 aromatic heterocycles. The van der Waals surface area contributed by atoms with E-state index in [4.69, 9.17) is 56.9 Å². The van der Waals surface area contributed by atoms with Crippen molar-refractivity contribution in [2.24, 2.45) is 0 Å². The van der Waals surface area contributed by atoms with E-state index in [0.29, 0.717) is 0 Å². The number of hydrogen-bond acceptors (Lipinski definition) is 21.